The van der Waals surface area contributed by atoms with Gasteiger partial charge in [-0.1, -0.05) is 0 Å². The zero-order valence-electron chi connectivity index (χ0n) is 21.2. The summed E-state index contributed by atoms with van der Waals surface area (Å²) in [6, 6.07) is 13.6. The number of hydrogen-bond donors (Lipinski definition) is 1. The number of carbonyl (C=O) groups excluding carboxylic acids is 2. The van der Waals surface area contributed by atoms with E-state index < -0.39 is 32.7 Å². The quantitative estimate of drug-likeness (QED) is 0.479. The first-order valence-electron chi connectivity index (χ1n) is 12.7. The Balaban J connectivity index is 1.13. The molecule has 0 atom stereocenters. The zero-order valence-corrected chi connectivity index (χ0v) is 22.0. The number of nitrogens with one attached hydrogen (secondary N) is 1. The number of aromatic nitrogens is 2. The Morgan fingerprint density at radius 2 is 1.57 bits per heavy atom. The Morgan fingerprint density at radius 1 is 0.925 bits per heavy atom. The highest BCUT2D eigenvalue weighted by molar-refractivity contribution is 7.92. The summed E-state index contributed by atoms with van der Waals surface area (Å²) in [5.74, 6) is -0.117. The van der Waals surface area contributed by atoms with Gasteiger partial charge in [0.1, 0.15) is 0 Å². The van der Waals surface area contributed by atoms with Crippen molar-refractivity contribution in [3.63, 3.8) is 0 Å². The lowest BCUT2D eigenvalue weighted by molar-refractivity contribution is -0.137. The average Bonchev–Trinajstić information content (AvgIpc) is 2.92. The molecule has 2 amide bonds. The molecule has 0 saturated carbocycles. The van der Waals surface area contributed by atoms with E-state index in [0.29, 0.717) is 24.6 Å². The van der Waals surface area contributed by atoms with Gasteiger partial charge in [0.05, 0.1) is 21.6 Å². The molecule has 0 unspecified atom stereocenters. The van der Waals surface area contributed by atoms with Crippen LogP contribution in [0.25, 0.3) is 0 Å². The predicted octanol–water partition coefficient (Wildman–Crippen LogP) is 3.65. The first-order valence-corrected chi connectivity index (χ1v) is 14.2. The van der Waals surface area contributed by atoms with Crippen LogP contribution in [0.1, 0.15) is 28.8 Å². The van der Waals surface area contributed by atoms with Crippen molar-refractivity contribution < 1.29 is 31.2 Å². The molecule has 0 radical (unpaired) electrons. The molecule has 2 saturated heterocycles. The summed E-state index contributed by atoms with van der Waals surface area (Å²) in [6.07, 6.45) is -2.50. The Morgan fingerprint density at radius 3 is 2.15 bits per heavy atom. The largest absolute Gasteiger partial charge is 0.416 e. The number of carbonyl (C=O) groups is 2. The second-order valence-electron chi connectivity index (χ2n) is 9.81. The molecule has 1 aromatic heterocycles. The van der Waals surface area contributed by atoms with Crippen LogP contribution in [0.2, 0.25) is 0 Å². The van der Waals surface area contributed by atoms with E-state index >= 15 is 0 Å². The Bertz CT molecular complexity index is 1470. The van der Waals surface area contributed by atoms with Crippen molar-refractivity contribution in [2.24, 2.45) is 5.92 Å². The Labute approximate surface area is 228 Å². The molecule has 1 N–H and O–H groups in total. The van der Waals surface area contributed by atoms with Crippen LogP contribution in [0.4, 0.5) is 24.7 Å². The third-order valence-electron chi connectivity index (χ3n) is 7.21. The predicted molar refractivity (Wildman–Crippen MR) is 140 cm³/mol. The summed E-state index contributed by atoms with van der Waals surface area (Å²) in [5, 5.41) is 9.96. The fourth-order valence-corrected chi connectivity index (χ4v) is 6.54. The number of likely N-dealkylation sites (tertiary alicyclic amines) is 1. The summed E-state index contributed by atoms with van der Waals surface area (Å²) in [5.41, 5.74) is -0.235. The molecule has 3 heterocycles. The van der Waals surface area contributed by atoms with Crippen LogP contribution >= 0.6 is 0 Å². The van der Waals surface area contributed by atoms with E-state index in [0.717, 1.165) is 24.3 Å². The molecule has 0 spiro atoms. The van der Waals surface area contributed by atoms with Gasteiger partial charge < -0.3 is 15.1 Å². The maximum atomic E-state index is 13.2. The number of nitrogens with zero attached hydrogens (tertiary/aromatic N) is 4. The maximum absolute atomic E-state index is 13.2. The molecule has 0 aliphatic carbocycles. The fraction of sp³-hybridized carbons (Fsp3) is 0.333. The van der Waals surface area contributed by atoms with Crippen molar-refractivity contribution in [3.8, 4) is 0 Å². The average molecular weight is 574 g/mol. The van der Waals surface area contributed by atoms with Crippen molar-refractivity contribution in [1.29, 1.82) is 0 Å². The first-order chi connectivity index (χ1) is 19.0. The highest BCUT2D eigenvalue weighted by Gasteiger charge is 2.35. The number of amides is 2. The molecule has 0 bridgehead atoms. The first kappa shape index (κ1) is 27.6. The maximum Gasteiger partial charge on any atom is 0.416 e. The van der Waals surface area contributed by atoms with Crippen molar-refractivity contribution in [1.82, 2.24) is 15.1 Å². The van der Waals surface area contributed by atoms with E-state index in [-0.39, 0.29) is 48.2 Å². The van der Waals surface area contributed by atoms with Gasteiger partial charge in [-0.25, -0.2) is 8.42 Å². The smallest absolute Gasteiger partial charge is 0.353 e. The van der Waals surface area contributed by atoms with Crippen LogP contribution in [0.15, 0.2) is 71.8 Å². The number of halogens is 3. The molecular weight excluding hydrogens is 547 g/mol. The molecule has 210 valence electrons. The van der Waals surface area contributed by atoms with Gasteiger partial charge in [-0.05, 0) is 73.5 Å². The molecule has 2 aliphatic heterocycles. The van der Waals surface area contributed by atoms with Gasteiger partial charge in [0.15, 0.2) is 15.7 Å². The van der Waals surface area contributed by atoms with Gasteiger partial charge in [0.25, 0.3) is 5.91 Å². The molecule has 13 heteroatoms. The second kappa shape index (κ2) is 10.9. The standard InChI is InChI=1S/C27H26F3N5O4S/c28-27(29,30)20-5-3-18(4-6-20)26(37)34-14-11-23(12-15-34)40(38,39)22-9-7-21(8-10-22)32-25(36)19-16-35(17-19)24-2-1-13-31-33-24/h1-10,13,19,23H,11-12,14-17H2,(H,32,36). The number of benzene rings is 2. The highest BCUT2D eigenvalue weighted by Crippen LogP contribution is 2.30. The number of anilines is 2. The molecule has 40 heavy (non-hydrogen) atoms. The van der Waals surface area contributed by atoms with Crippen LogP contribution in [0, 0.1) is 5.92 Å². The minimum absolute atomic E-state index is 0.121. The fourth-order valence-electron chi connectivity index (χ4n) is 4.81. The molecule has 9 nitrogen and oxygen atoms in total. The van der Waals surface area contributed by atoms with Gasteiger partial charge in [0.2, 0.25) is 5.91 Å². The molecule has 2 aromatic carbocycles. The monoisotopic (exact) mass is 573 g/mol. The summed E-state index contributed by atoms with van der Waals surface area (Å²) in [6.45, 7) is 1.36. The highest BCUT2D eigenvalue weighted by atomic mass is 32.2. The number of piperidine rings is 1. The third kappa shape index (κ3) is 5.79. The molecule has 2 fully saturated rings. The van der Waals surface area contributed by atoms with Gasteiger partial charge in [-0.3, -0.25) is 9.59 Å². The van der Waals surface area contributed by atoms with E-state index in [4.69, 9.17) is 0 Å². The summed E-state index contributed by atoms with van der Waals surface area (Å²) >= 11 is 0. The normalized spacial score (nSPS) is 16.9. The van der Waals surface area contributed by atoms with E-state index in [1.807, 2.05) is 11.0 Å². The summed E-state index contributed by atoms with van der Waals surface area (Å²) < 4.78 is 64.8. The van der Waals surface area contributed by atoms with Crippen molar-refractivity contribution in [2.45, 2.75) is 29.2 Å². The topological polar surface area (TPSA) is 113 Å². The lowest BCUT2D eigenvalue weighted by atomic mass is 9.99. The van der Waals surface area contributed by atoms with Gasteiger partial charge in [-0.15, -0.1) is 5.10 Å². The van der Waals surface area contributed by atoms with Gasteiger partial charge in [-0.2, -0.15) is 18.3 Å². The van der Waals surface area contributed by atoms with Crippen LogP contribution < -0.4 is 10.2 Å². The van der Waals surface area contributed by atoms with Crippen LogP contribution in [-0.4, -0.2) is 66.8 Å². The van der Waals surface area contributed by atoms with Gasteiger partial charge in [0, 0.05) is 43.6 Å². The van der Waals surface area contributed by atoms with Crippen LogP contribution in [-0.2, 0) is 20.8 Å². The van der Waals surface area contributed by atoms with E-state index in [9.17, 15) is 31.2 Å². The lowest BCUT2D eigenvalue weighted by Crippen LogP contribution is -2.52. The van der Waals surface area contributed by atoms with Crippen LogP contribution in [0.5, 0.6) is 0 Å². The minimum Gasteiger partial charge on any atom is -0.353 e. The second-order valence-corrected chi connectivity index (χ2v) is 12.0. The summed E-state index contributed by atoms with van der Waals surface area (Å²) in [4.78, 5) is 28.8. The van der Waals surface area contributed by atoms with Gasteiger partial charge >= 0.3 is 6.18 Å². The molecular formula is C27H26F3N5O4S. The number of alkyl halides is 3. The van der Waals surface area contributed by atoms with Crippen LogP contribution in [0.3, 0.4) is 0 Å². The lowest BCUT2D eigenvalue weighted by Gasteiger charge is -2.38. The van der Waals surface area contributed by atoms with E-state index in [1.54, 1.807) is 24.4 Å². The number of rotatable bonds is 6. The third-order valence-corrected chi connectivity index (χ3v) is 9.49. The van der Waals surface area contributed by atoms with Crippen molar-refractivity contribution >= 4 is 33.2 Å². The SMILES string of the molecule is O=C(Nc1ccc(S(=O)(=O)C2CCN(C(=O)c3ccc(C(F)(F)F)cc3)CC2)cc1)C1CN(c2cccnn2)C1. The van der Waals surface area contributed by atoms with Crippen molar-refractivity contribution in [2.75, 3.05) is 36.4 Å². The zero-order chi connectivity index (χ0) is 28.5. The van der Waals surface area contributed by atoms with Crippen molar-refractivity contribution in [3.05, 3.63) is 78.0 Å². The molecule has 2 aliphatic rings. The number of sulfone groups is 1. The Hall–Kier alpha value is -4.00. The van der Waals surface area contributed by atoms with E-state index in [2.05, 4.69) is 15.5 Å². The Kier molecular flexibility index (Phi) is 7.49. The van der Waals surface area contributed by atoms with E-state index in [1.165, 1.54) is 17.0 Å². The molecule has 3 aromatic rings. The number of hydrogen-bond acceptors (Lipinski definition) is 7. The summed E-state index contributed by atoms with van der Waals surface area (Å²) in [7, 11) is -3.69. The minimum atomic E-state index is -4.49. The molecule has 5 rings (SSSR count).